The molecule has 0 aliphatic rings. The molecule has 4 aromatic rings. The van der Waals surface area contributed by atoms with Gasteiger partial charge in [0.05, 0.1) is 7.11 Å². The normalized spacial score (nSPS) is 11.1. The van der Waals surface area contributed by atoms with Crippen LogP contribution in [0.3, 0.4) is 0 Å². The molecule has 126 valence electrons. The minimum atomic E-state index is 0.544. The molecule has 7 heteroatoms. The Kier molecular flexibility index (Phi) is 3.61. The average Bonchev–Trinajstić information content (AvgIpc) is 3.24. The third kappa shape index (κ3) is 2.69. The van der Waals surface area contributed by atoms with Gasteiger partial charge in [-0.15, -0.1) is 10.2 Å². The molecule has 25 heavy (non-hydrogen) atoms. The zero-order valence-electron chi connectivity index (χ0n) is 14.0. The largest absolute Gasteiger partial charge is 0.496 e. The van der Waals surface area contributed by atoms with Crippen LogP contribution in [0.15, 0.2) is 42.6 Å². The number of aryl methyl sites for hydroxylation is 1. The molecule has 0 unspecified atom stereocenters. The summed E-state index contributed by atoms with van der Waals surface area (Å²) >= 11 is 0. The highest BCUT2D eigenvalue weighted by atomic mass is 16.5. The topological polar surface area (TPSA) is 94.6 Å². The van der Waals surface area contributed by atoms with Crippen LogP contribution in [0.1, 0.15) is 11.1 Å². The first-order valence-corrected chi connectivity index (χ1v) is 7.90. The van der Waals surface area contributed by atoms with Gasteiger partial charge in [-0.05, 0) is 40.6 Å². The van der Waals surface area contributed by atoms with Crippen LogP contribution in [-0.2, 0) is 13.5 Å². The van der Waals surface area contributed by atoms with Gasteiger partial charge in [0.15, 0.2) is 0 Å². The molecule has 0 radical (unpaired) electrons. The van der Waals surface area contributed by atoms with Gasteiger partial charge in [-0.25, -0.2) is 0 Å². The number of nitrogens with one attached hydrogen (secondary N) is 1. The van der Waals surface area contributed by atoms with Gasteiger partial charge in [-0.1, -0.05) is 12.1 Å². The molecule has 0 atom stereocenters. The fraction of sp³-hybridized carbons (Fsp3) is 0.167. The summed E-state index contributed by atoms with van der Waals surface area (Å²) in [5, 5.41) is 15.2. The quantitative estimate of drug-likeness (QED) is 0.559. The van der Waals surface area contributed by atoms with Crippen LogP contribution in [-0.4, -0.2) is 32.3 Å². The minimum absolute atomic E-state index is 0.544. The van der Waals surface area contributed by atoms with Crippen molar-refractivity contribution in [3.8, 4) is 17.1 Å². The van der Waals surface area contributed by atoms with E-state index >= 15 is 0 Å². The van der Waals surface area contributed by atoms with E-state index in [1.54, 1.807) is 7.11 Å². The van der Waals surface area contributed by atoms with Crippen LogP contribution in [0, 0.1) is 0 Å². The average molecular weight is 334 g/mol. The number of H-pyrrole nitrogens is 1. The number of anilines is 1. The smallest absolute Gasteiger partial charge is 0.204 e. The Labute approximate surface area is 144 Å². The SMILES string of the molecule is COc1cc(-c2nn[nH]n2)ccc1Cc1cn(C)c2ccc(N)cc12. The van der Waals surface area contributed by atoms with E-state index in [-0.39, 0.29) is 0 Å². The molecule has 7 nitrogen and oxygen atoms in total. The minimum Gasteiger partial charge on any atom is -0.496 e. The summed E-state index contributed by atoms with van der Waals surface area (Å²) in [6, 6.07) is 11.9. The first-order valence-electron chi connectivity index (χ1n) is 7.90. The summed E-state index contributed by atoms with van der Waals surface area (Å²) in [7, 11) is 3.71. The summed E-state index contributed by atoms with van der Waals surface area (Å²) in [5.41, 5.74) is 11.0. The van der Waals surface area contributed by atoms with Crippen molar-refractivity contribution >= 4 is 16.6 Å². The van der Waals surface area contributed by atoms with Crippen molar-refractivity contribution in [3.63, 3.8) is 0 Å². The molecule has 0 fully saturated rings. The first kappa shape index (κ1) is 15.2. The Bertz CT molecular complexity index is 1040. The van der Waals surface area contributed by atoms with E-state index in [1.165, 1.54) is 5.56 Å². The molecule has 0 bridgehead atoms. The van der Waals surface area contributed by atoms with E-state index in [0.29, 0.717) is 5.82 Å². The Morgan fingerprint density at radius 2 is 2.04 bits per heavy atom. The van der Waals surface area contributed by atoms with E-state index < -0.39 is 0 Å². The van der Waals surface area contributed by atoms with Crippen molar-refractivity contribution in [1.82, 2.24) is 25.2 Å². The third-order valence-corrected chi connectivity index (χ3v) is 4.37. The second kappa shape index (κ2) is 5.94. The highest BCUT2D eigenvalue weighted by Gasteiger charge is 2.13. The van der Waals surface area contributed by atoms with Gasteiger partial charge in [0.1, 0.15) is 5.75 Å². The van der Waals surface area contributed by atoms with Crippen LogP contribution < -0.4 is 10.5 Å². The molecule has 4 rings (SSSR count). The Hall–Kier alpha value is -3.35. The van der Waals surface area contributed by atoms with Crippen LogP contribution in [0.5, 0.6) is 5.75 Å². The van der Waals surface area contributed by atoms with Gasteiger partial charge in [0.2, 0.25) is 5.82 Å². The summed E-state index contributed by atoms with van der Waals surface area (Å²) in [5.74, 6) is 1.34. The Balaban J connectivity index is 1.75. The lowest BCUT2D eigenvalue weighted by atomic mass is 10.0. The fourth-order valence-electron chi connectivity index (χ4n) is 3.15. The molecule has 2 heterocycles. The lowest BCUT2D eigenvalue weighted by molar-refractivity contribution is 0.410. The van der Waals surface area contributed by atoms with E-state index in [9.17, 15) is 0 Å². The molecular weight excluding hydrogens is 316 g/mol. The van der Waals surface area contributed by atoms with Crippen molar-refractivity contribution in [1.29, 1.82) is 0 Å². The molecular formula is C18H18N6O. The number of fused-ring (bicyclic) bond motifs is 1. The number of aromatic amines is 1. The number of benzene rings is 2. The highest BCUT2D eigenvalue weighted by molar-refractivity contribution is 5.87. The summed E-state index contributed by atoms with van der Waals surface area (Å²) < 4.78 is 7.70. The molecule has 0 aliphatic heterocycles. The van der Waals surface area contributed by atoms with Gasteiger partial charge in [-0.3, -0.25) is 0 Å². The van der Waals surface area contributed by atoms with Crippen molar-refractivity contribution < 1.29 is 4.74 Å². The number of ether oxygens (including phenoxy) is 1. The zero-order chi connectivity index (χ0) is 17.4. The maximum Gasteiger partial charge on any atom is 0.204 e. The lowest BCUT2D eigenvalue weighted by Crippen LogP contribution is -1.95. The third-order valence-electron chi connectivity index (χ3n) is 4.37. The van der Waals surface area contributed by atoms with Crippen LogP contribution >= 0.6 is 0 Å². The summed E-state index contributed by atoms with van der Waals surface area (Å²) in [4.78, 5) is 0. The van der Waals surface area contributed by atoms with Gasteiger partial charge in [0, 0.05) is 41.8 Å². The number of hydrogen-bond acceptors (Lipinski definition) is 5. The van der Waals surface area contributed by atoms with Crippen LogP contribution in [0.2, 0.25) is 0 Å². The van der Waals surface area contributed by atoms with E-state index in [0.717, 1.165) is 39.9 Å². The maximum absolute atomic E-state index is 5.97. The number of nitrogen functional groups attached to an aromatic ring is 1. The van der Waals surface area contributed by atoms with Gasteiger partial charge < -0.3 is 15.0 Å². The Morgan fingerprint density at radius 3 is 2.80 bits per heavy atom. The number of methoxy groups -OCH3 is 1. The maximum atomic E-state index is 5.97. The Morgan fingerprint density at radius 1 is 1.16 bits per heavy atom. The predicted molar refractivity (Wildman–Crippen MR) is 96.3 cm³/mol. The van der Waals surface area contributed by atoms with Gasteiger partial charge in [-0.2, -0.15) is 5.21 Å². The number of nitrogens with zero attached hydrogens (tertiary/aromatic N) is 4. The zero-order valence-corrected chi connectivity index (χ0v) is 14.0. The number of aromatic nitrogens is 5. The molecule has 2 aromatic carbocycles. The van der Waals surface area contributed by atoms with Gasteiger partial charge in [0.25, 0.3) is 0 Å². The van der Waals surface area contributed by atoms with Crippen molar-refractivity contribution in [2.24, 2.45) is 7.05 Å². The number of hydrogen-bond donors (Lipinski definition) is 2. The molecule has 0 amide bonds. The van der Waals surface area contributed by atoms with Crippen LogP contribution in [0.4, 0.5) is 5.69 Å². The first-order chi connectivity index (χ1) is 12.2. The van der Waals surface area contributed by atoms with Crippen LogP contribution in [0.25, 0.3) is 22.3 Å². The number of nitrogens with two attached hydrogens (primary N) is 1. The van der Waals surface area contributed by atoms with Crippen molar-refractivity contribution in [2.45, 2.75) is 6.42 Å². The molecule has 0 spiro atoms. The predicted octanol–water partition coefficient (Wildman–Crippen LogP) is 2.54. The van der Waals surface area contributed by atoms with E-state index in [4.69, 9.17) is 10.5 Å². The summed E-state index contributed by atoms with van der Waals surface area (Å²) in [6.07, 6.45) is 2.88. The van der Waals surface area contributed by atoms with Crippen molar-refractivity contribution in [2.75, 3.05) is 12.8 Å². The standard InChI is InChI=1S/C18H18N6O/c1-24-10-13(15-9-14(19)5-6-16(15)24)7-11-3-4-12(8-17(11)25-2)18-20-22-23-21-18/h3-6,8-10H,7,19H2,1-2H3,(H,20,21,22,23). The van der Waals surface area contributed by atoms with E-state index in [1.807, 2.05) is 43.4 Å². The number of rotatable bonds is 4. The second-order valence-electron chi connectivity index (χ2n) is 5.98. The lowest BCUT2D eigenvalue weighted by Gasteiger charge is -2.09. The van der Waals surface area contributed by atoms with Crippen molar-refractivity contribution in [3.05, 3.63) is 53.7 Å². The second-order valence-corrected chi connectivity index (χ2v) is 5.98. The summed E-state index contributed by atoms with van der Waals surface area (Å²) in [6.45, 7) is 0. The molecule has 0 saturated heterocycles. The molecule has 0 aliphatic carbocycles. The molecule has 2 aromatic heterocycles. The molecule has 3 N–H and O–H groups in total. The number of tetrazole rings is 1. The van der Waals surface area contributed by atoms with E-state index in [2.05, 4.69) is 31.4 Å². The highest BCUT2D eigenvalue weighted by Crippen LogP contribution is 2.30. The molecule has 0 saturated carbocycles. The van der Waals surface area contributed by atoms with Gasteiger partial charge >= 0.3 is 0 Å². The monoisotopic (exact) mass is 334 g/mol. The fourth-order valence-corrected chi connectivity index (χ4v) is 3.15.